The first kappa shape index (κ1) is 32.2. The predicted molar refractivity (Wildman–Crippen MR) is 149 cm³/mol. The van der Waals surface area contributed by atoms with Gasteiger partial charge in [0.05, 0.1) is 6.29 Å². The first-order valence-electron chi connectivity index (χ1n) is 14.9. The van der Waals surface area contributed by atoms with Gasteiger partial charge >= 0.3 is 0 Å². The van der Waals surface area contributed by atoms with E-state index in [1.165, 1.54) is 142 Å². The second-order valence-electron chi connectivity index (χ2n) is 10.4. The molecule has 0 N–H and O–H groups in total. The molecule has 0 spiro atoms. The molecular formula is C29H62NOP. The maximum atomic E-state index is 14.1. The van der Waals surface area contributed by atoms with Crippen molar-refractivity contribution in [1.29, 1.82) is 0 Å². The smallest absolute Gasteiger partial charge is 0.101 e. The first-order valence-corrected chi connectivity index (χ1v) is 17.2. The molecule has 0 bridgehead atoms. The van der Waals surface area contributed by atoms with E-state index in [9.17, 15) is 4.57 Å². The quantitative estimate of drug-likeness (QED) is 0.0923. The van der Waals surface area contributed by atoms with Crippen molar-refractivity contribution in [3.05, 3.63) is 0 Å². The Hall–Kier alpha value is 0.190. The summed E-state index contributed by atoms with van der Waals surface area (Å²) in [6, 6.07) is 0. The summed E-state index contributed by atoms with van der Waals surface area (Å²) in [5.74, 6) is 0. The van der Waals surface area contributed by atoms with Gasteiger partial charge in [0.2, 0.25) is 0 Å². The van der Waals surface area contributed by atoms with Gasteiger partial charge in [0.15, 0.2) is 0 Å². The van der Waals surface area contributed by atoms with Crippen LogP contribution in [0.2, 0.25) is 0 Å². The highest BCUT2D eigenvalue weighted by Crippen LogP contribution is 2.48. The molecule has 0 amide bonds. The molecule has 0 rings (SSSR count). The Balaban J connectivity index is 4.73. The van der Waals surface area contributed by atoms with Crippen LogP contribution in [0, 0.1) is 0 Å². The summed E-state index contributed by atoms with van der Waals surface area (Å²) in [6.07, 6.45) is 29.2. The van der Waals surface area contributed by atoms with Crippen molar-refractivity contribution in [3.63, 3.8) is 0 Å². The second kappa shape index (κ2) is 24.3. The molecule has 0 unspecified atom stereocenters. The van der Waals surface area contributed by atoms with Gasteiger partial charge in [0.1, 0.15) is 7.14 Å². The molecule has 0 atom stereocenters. The molecule has 0 aliphatic carbocycles. The van der Waals surface area contributed by atoms with Crippen molar-refractivity contribution >= 4 is 7.14 Å². The number of hydrogen-bond acceptors (Lipinski definition) is 2. The van der Waals surface area contributed by atoms with Gasteiger partial charge in [0, 0.05) is 12.3 Å². The predicted octanol–water partition coefficient (Wildman–Crippen LogP) is 10.5. The Morgan fingerprint density at radius 3 is 1.12 bits per heavy atom. The second-order valence-corrected chi connectivity index (χ2v) is 13.7. The molecule has 194 valence electrons. The highest BCUT2D eigenvalue weighted by molar-refractivity contribution is 7.63. The Morgan fingerprint density at radius 2 is 0.750 bits per heavy atom. The highest BCUT2D eigenvalue weighted by atomic mass is 31.2. The van der Waals surface area contributed by atoms with E-state index in [0.717, 1.165) is 18.6 Å². The van der Waals surface area contributed by atoms with Crippen LogP contribution < -0.4 is 0 Å². The minimum absolute atomic E-state index is 0.912. The van der Waals surface area contributed by atoms with Crippen LogP contribution in [0.4, 0.5) is 0 Å². The highest BCUT2D eigenvalue weighted by Gasteiger charge is 2.24. The van der Waals surface area contributed by atoms with E-state index in [2.05, 4.69) is 32.6 Å². The van der Waals surface area contributed by atoms with Crippen molar-refractivity contribution in [2.75, 3.05) is 31.7 Å². The lowest BCUT2D eigenvalue weighted by atomic mass is 10.1. The van der Waals surface area contributed by atoms with Gasteiger partial charge in [-0.25, -0.2) is 0 Å². The van der Waals surface area contributed by atoms with Gasteiger partial charge in [0.25, 0.3) is 0 Å². The lowest BCUT2D eigenvalue weighted by Gasteiger charge is -2.28. The summed E-state index contributed by atoms with van der Waals surface area (Å²) in [6.45, 7) is 11.5. The zero-order valence-electron chi connectivity index (χ0n) is 23.0. The zero-order chi connectivity index (χ0) is 23.8. The van der Waals surface area contributed by atoms with Crippen LogP contribution in [0.1, 0.15) is 156 Å². The molecule has 0 aliphatic rings. The summed E-state index contributed by atoms with van der Waals surface area (Å²) >= 11 is 0. The van der Waals surface area contributed by atoms with E-state index >= 15 is 0 Å². The molecule has 0 radical (unpaired) electrons. The topological polar surface area (TPSA) is 20.3 Å². The average molecular weight is 472 g/mol. The van der Waals surface area contributed by atoms with Crippen LogP contribution >= 0.6 is 7.14 Å². The SMILES string of the molecule is CCCCCCCCN(CCCCCCCC)CP(=O)(CCCCCC)CCCCCC. The minimum Gasteiger partial charge on any atom is -0.322 e. The maximum Gasteiger partial charge on any atom is 0.101 e. The maximum absolute atomic E-state index is 14.1. The fourth-order valence-electron chi connectivity index (χ4n) is 4.76. The lowest BCUT2D eigenvalue weighted by molar-refractivity contribution is 0.295. The average Bonchev–Trinajstić information content (AvgIpc) is 2.79. The number of nitrogens with zero attached hydrogens (tertiary/aromatic N) is 1. The zero-order valence-corrected chi connectivity index (χ0v) is 23.9. The molecule has 0 aromatic carbocycles. The molecular weight excluding hydrogens is 409 g/mol. The summed E-state index contributed by atoms with van der Waals surface area (Å²) in [5.41, 5.74) is 0. The molecule has 2 nitrogen and oxygen atoms in total. The van der Waals surface area contributed by atoms with Gasteiger partial charge < -0.3 is 4.57 Å². The number of hydrogen-bond donors (Lipinski definition) is 0. The van der Waals surface area contributed by atoms with E-state index in [1.54, 1.807) is 0 Å². The fraction of sp³-hybridized carbons (Fsp3) is 1.00. The van der Waals surface area contributed by atoms with Crippen LogP contribution in [0.25, 0.3) is 0 Å². The van der Waals surface area contributed by atoms with E-state index in [4.69, 9.17) is 0 Å². The Labute approximate surface area is 204 Å². The third kappa shape index (κ3) is 20.8. The Morgan fingerprint density at radius 1 is 0.438 bits per heavy atom. The van der Waals surface area contributed by atoms with Crippen LogP contribution in [0.15, 0.2) is 0 Å². The molecule has 0 aromatic heterocycles. The van der Waals surface area contributed by atoms with Crippen LogP contribution in [-0.4, -0.2) is 36.6 Å². The molecule has 0 aliphatic heterocycles. The number of rotatable bonds is 26. The lowest BCUT2D eigenvalue weighted by Crippen LogP contribution is -2.28. The Bertz CT molecular complexity index is 380. The van der Waals surface area contributed by atoms with E-state index in [1.807, 2.05) is 0 Å². The molecule has 0 aromatic rings. The van der Waals surface area contributed by atoms with Gasteiger partial charge in [-0.1, -0.05) is 130 Å². The van der Waals surface area contributed by atoms with Gasteiger partial charge in [-0.2, -0.15) is 0 Å². The summed E-state index contributed by atoms with van der Waals surface area (Å²) in [4.78, 5) is 2.64. The molecule has 3 heteroatoms. The van der Waals surface area contributed by atoms with Crippen LogP contribution in [-0.2, 0) is 4.57 Å². The number of unbranched alkanes of at least 4 members (excludes halogenated alkanes) is 16. The summed E-state index contributed by atoms with van der Waals surface area (Å²) in [5, 5.41) is 0. The van der Waals surface area contributed by atoms with E-state index < -0.39 is 7.14 Å². The normalized spacial score (nSPS) is 12.2. The molecule has 0 saturated carbocycles. The third-order valence-corrected chi connectivity index (χ3v) is 10.1. The van der Waals surface area contributed by atoms with Gasteiger partial charge in [-0.05, 0) is 38.8 Å². The van der Waals surface area contributed by atoms with Crippen molar-refractivity contribution in [2.45, 2.75) is 156 Å². The van der Waals surface area contributed by atoms with Crippen LogP contribution in [0.5, 0.6) is 0 Å². The largest absolute Gasteiger partial charge is 0.322 e. The molecule has 0 heterocycles. The summed E-state index contributed by atoms with van der Waals surface area (Å²) < 4.78 is 14.1. The van der Waals surface area contributed by atoms with Gasteiger partial charge in [-0.15, -0.1) is 0 Å². The fourth-order valence-corrected chi connectivity index (χ4v) is 7.87. The van der Waals surface area contributed by atoms with Crippen molar-refractivity contribution < 1.29 is 4.57 Å². The third-order valence-electron chi connectivity index (χ3n) is 6.95. The molecule has 0 fully saturated rings. The molecule has 32 heavy (non-hydrogen) atoms. The van der Waals surface area contributed by atoms with Crippen LogP contribution in [0.3, 0.4) is 0 Å². The minimum atomic E-state index is -2.06. The van der Waals surface area contributed by atoms with Gasteiger partial charge in [-0.3, -0.25) is 4.90 Å². The first-order chi connectivity index (χ1) is 15.6. The van der Waals surface area contributed by atoms with Crippen molar-refractivity contribution in [2.24, 2.45) is 0 Å². The van der Waals surface area contributed by atoms with E-state index in [-0.39, 0.29) is 0 Å². The molecule has 0 saturated heterocycles. The van der Waals surface area contributed by atoms with E-state index in [0.29, 0.717) is 0 Å². The standard InChI is InChI=1S/C29H62NOP/c1-5-9-13-17-19-21-25-30(26-22-20-18-14-10-6-2)29-32(31,27-23-15-11-7-3)28-24-16-12-8-4/h5-29H2,1-4H3. The summed E-state index contributed by atoms with van der Waals surface area (Å²) in [7, 11) is -2.06. The Kier molecular flexibility index (Phi) is 24.5. The van der Waals surface area contributed by atoms with Crippen molar-refractivity contribution in [3.8, 4) is 0 Å². The monoisotopic (exact) mass is 471 g/mol. The van der Waals surface area contributed by atoms with Crippen molar-refractivity contribution in [1.82, 2.24) is 4.90 Å².